The van der Waals surface area contributed by atoms with Crippen LogP contribution < -0.4 is 16.0 Å². The molecule has 3 aromatic heterocycles. The summed E-state index contributed by atoms with van der Waals surface area (Å²) in [6.07, 6.45) is 0.216. The van der Waals surface area contributed by atoms with Gasteiger partial charge in [-0.2, -0.15) is 0 Å². The number of aryl methyl sites for hydroxylation is 1. The predicted molar refractivity (Wildman–Crippen MR) is 152 cm³/mol. The first-order valence-electron chi connectivity index (χ1n) is 13.5. The van der Waals surface area contributed by atoms with Gasteiger partial charge in [-0.1, -0.05) is 18.2 Å². The van der Waals surface area contributed by atoms with Crippen LogP contribution in [0.5, 0.6) is 5.75 Å². The molecule has 6 rings (SSSR count). The van der Waals surface area contributed by atoms with Gasteiger partial charge in [-0.15, -0.1) is 11.3 Å². The first kappa shape index (κ1) is 27.9. The second-order valence-electron chi connectivity index (χ2n) is 11.3. The maximum Gasteiger partial charge on any atom is 0.332 e. The van der Waals surface area contributed by atoms with Crippen LogP contribution in [0.4, 0.5) is 0 Å². The van der Waals surface area contributed by atoms with Gasteiger partial charge < -0.3 is 28.5 Å². The van der Waals surface area contributed by atoms with Crippen molar-refractivity contribution in [3.63, 3.8) is 0 Å². The fraction of sp³-hybridized carbons (Fsp3) is 0.483. The monoisotopic (exact) mass is 583 g/mol. The number of methoxy groups -OCH3 is 1. The number of fused-ring (bicyclic) bond motifs is 2. The zero-order valence-corrected chi connectivity index (χ0v) is 24.3. The number of ether oxygens (including phenoxy) is 4. The highest BCUT2D eigenvalue weighted by atomic mass is 32.1. The molecule has 2 fully saturated rings. The summed E-state index contributed by atoms with van der Waals surface area (Å²) in [7, 11) is 1.58. The Kier molecular flexibility index (Phi) is 7.15. The number of aromatic nitrogens is 3. The van der Waals surface area contributed by atoms with Crippen molar-refractivity contribution in [1.82, 2.24) is 14.1 Å². The van der Waals surface area contributed by atoms with Gasteiger partial charge in [0.05, 0.1) is 43.3 Å². The normalized spacial score (nSPS) is 23.3. The Hall–Kier alpha value is -3.29. The largest absolute Gasteiger partial charge is 0.496 e. The standard InChI is InChI=1S/C29H33N3O8S/c1-15-21-26(34)32(29(2,3)4)28(35)31(27(21)41-24(15)25-30-10-11-37-25)12-19(16-8-6-7-9-18(16)36-5)40-20-14-39-22-17(33)13-38-23(20)22/h6-11,17,19-20,22-23,33H,12-14H2,1-5H3/t17-,19?,20-,22?,23?/m0/s1. The molecule has 12 heteroatoms. The molecule has 5 atom stereocenters. The molecule has 0 aliphatic carbocycles. The summed E-state index contributed by atoms with van der Waals surface area (Å²) >= 11 is 1.29. The van der Waals surface area contributed by atoms with Crippen molar-refractivity contribution in [2.24, 2.45) is 0 Å². The fourth-order valence-electron chi connectivity index (χ4n) is 5.72. The molecule has 0 amide bonds. The van der Waals surface area contributed by atoms with Crippen LogP contribution in [0.25, 0.3) is 21.0 Å². The average Bonchev–Trinajstić information content (AvgIpc) is 3.72. The lowest BCUT2D eigenvalue weighted by Gasteiger charge is -2.28. The molecule has 0 radical (unpaired) electrons. The van der Waals surface area contributed by atoms with E-state index in [2.05, 4.69) is 4.98 Å². The molecular weight excluding hydrogens is 550 g/mol. The molecule has 1 N–H and O–H groups in total. The van der Waals surface area contributed by atoms with Gasteiger partial charge in [0.15, 0.2) is 0 Å². The lowest BCUT2D eigenvalue weighted by Crippen LogP contribution is -2.48. The second kappa shape index (κ2) is 10.5. The van der Waals surface area contributed by atoms with Gasteiger partial charge in [0.2, 0.25) is 5.89 Å². The number of nitrogens with zero attached hydrogens (tertiary/aromatic N) is 3. The summed E-state index contributed by atoms with van der Waals surface area (Å²) in [5.41, 5.74) is -0.184. The molecule has 3 unspecified atom stereocenters. The minimum Gasteiger partial charge on any atom is -0.496 e. The van der Waals surface area contributed by atoms with Crippen molar-refractivity contribution >= 4 is 21.6 Å². The van der Waals surface area contributed by atoms with Crippen LogP contribution in [0.2, 0.25) is 0 Å². The van der Waals surface area contributed by atoms with E-state index in [9.17, 15) is 14.7 Å². The third kappa shape index (κ3) is 4.73. The molecule has 4 aromatic rings. The number of hydrogen-bond donors (Lipinski definition) is 1. The first-order valence-corrected chi connectivity index (χ1v) is 14.3. The lowest BCUT2D eigenvalue weighted by atomic mass is 10.1. The molecule has 2 aliphatic rings. The van der Waals surface area contributed by atoms with Gasteiger partial charge in [0.25, 0.3) is 5.56 Å². The minimum absolute atomic E-state index is 0.0769. The van der Waals surface area contributed by atoms with Crippen molar-refractivity contribution in [3.05, 3.63) is 68.7 Å². The number of para-hydroxylation sites is 1. The van der Waals surface area contributed by atoms with Crippen LogP contribution in [0.15, 0.2) is 50.7 Å². The summed E-state index contributed by atoms with van der Waals surface area (Å²) in [5, 5.41) is 10.7. The summed E-state index contributed by atoms with van der Waals surface area (Å²) in [6.45, 7) is 7.81. The molecular formula is C29H33N3O8S. The minimum atomic E-state index is -0.789. The van der Waals surface area contributed by atoms with Crippen molar-refractivity contribution in [1.29, 1.82) is 0 Å². The van der Waals surface area contributed by atoms with Crippen molar-refractivity contribution in [2.75, 3.05) is 20.3 Å². The molecule has 41 heavy (non-hydrogen) atoms. The zero-order valence-electron chi connectivity index (χ0n) is 23.5. The van der Waals surface area contributed by atoms with E-state index in [4.69, 9.17) is 23.4 Å². The van der Waals surface area contributed by atoms with Crippen molar-refractivity contribution in [3.8, 4) is 16.5 Å². The number of benzene rings is 1. The Bertz CT molecular complexity index is 1680. The van der Waals surface area contributed by atoms with Gasteiger partial charge in [-0.3, -0.25) is 13.9 Å². The highest BCUT2D eigenvalue weighted by Crippen LogP contribution is 2.39. The van der Waals surface area contributed by atoms with E-state index in [0.717, 1.165) is 5.56 Å². The van der Waals surface area contributed by atoms with Crippen LogP contribution in [0, 0.1) is 6.92 Å². The highest BCUT2D eigenvalue weighted by molar-refractivity contribution is 7.22. The van der Waals surface area contributed by atoms with E-state index in [0.29, 0.717) is 32.3 Å². The Morgan fingerprint density at radius 1 is 1.17 bits per heavy atom. The van der Waals surface area contributed by atoms with Gasteiger partial charge in [0, 0.05) is 11.1 Å². The van der Waals surface area contributed by atoms with Gasteiger partial charge in [-0.25, -0.2) is 9.78 Å². The van der Waals surface area contributed by atoms with E-state index < -0.39 is 41.7 Å². The quantitative estimate of drug-likeness (QED) is 0.349. The molecule has 1 aromatic carbocycles. The van der Waals surface area contributed by atoms with Crippen molar-refractivity contribution in [2.45, 2.75) is 70.3 Å². The molecule has 11 nitrogen and oxygen atoms in total. The van der Waals surface area contributed by atoms with Gasteiger partial charge in [-0.05, 0) is 39.3 Å². The molecule has 5 heterocycles. The third-order valence-electron chi connectivity index (χ3n) is 7.66. The number of rotatable bonds is 7. The van der Waals surface area contributed by atoms with E-state index in [1.165, 1.54) is 22.2 Å². The maximum absolute atomic E-state index is 14.2. The molecule has 218 valence electrons. The van der Waals surface area contributed by atoms with Gasteiger partial charge >= 0.3 is 5.69 Å². The van der Waals surface area contributed by atoms with Crippen LogP contribution in [0.1, 0.15) is 38.0 Å². The molecule has 2 saturated heterocycles. The number of hydrogen-bond acceptors (Lipinski definition) is 10. The molecule has 0 bridgehead atoms. The van der Waals surface area contributed by atoms with Crippen molar-refractivity contribution < 1.29 is 28.5 Å². The maximum atomic E-state index is 14.2. The summed E-state index contributed by atoms with van der Waals surface area (Å²) in [5.74, 6) is 0.977. The average molecular weight is 584 g/mol. The zero-order chi connectivity index (χ0) is 29.1. The number of thiophene rings is 1. The van der Waals surface area contributed by atoms with Gasteiger partial charge in [0.1, 0.15) is 47.4 Å². The van der Waals surface area contributed by atoms with E-state index in [-0.39, 0.29) is 25.3 Å². The lowest BCUT2D eigenvalue weighted by molar-refractivity contribution is -0.0792. The molecule has 0 saturated carbocycles. The molecule has 2 aliphatic heterocycles. The number of aliphatic hydroxyl groups is 1. The second-order valence-corrected chi connectivity index (χ2v) is 12.3. The first-order chi connectivity index (χ1) is 19.6. The Morgan fingerprint density at radius 2 is 1.93 bits per heavy atom. The number of aliphatic hydroxyl groups excluding tert-OH is 1. The van der Waals surface area contributed by atoms with Crippen LogP contribution in [-0.2, 0) is 26.3 Å². The van der Waals surface area contributed by atoms with Crippen LogP contribution in [0.3, 0.4) is 0 Å². The Balaban J connectivity index is 1.53. The summed E-state index contributed by atoms with van der Waals surface area (Å²) in [4.78, 5) is 33.5. The molecule has 0 spiro atoms. The van der Waals surface area contributed by atoms with Crippen LogP contribution >= 0.6 is 11.3 Å². The van der Waals surface area contributed by atoms with E-state index >= 15 is 0 Å². The van der Waals surface area contributed by atoms with E-state index in [1.54, 1.807) is 17.9 Å². The fourth-order valence-corrected chi connectivity index (χ4v) is 6.97. The highest BCUT2D eigenvalue weighted by Gasteiger charge is 2.48. The van der Waals surface area contributed by atoms with Crippen LogP contribution in [-0.4, -0.2) is 64.0 Å². The Labute approximate surface area is 239 Å². The SMILES string of the molecule is COc1ccccc1C(Cn1c(=O)n(C(C)(C)C)c(=O)c2c(C)c(-c3ncco3)sc21)O[C@H]1COC2C1OC[C@@H]2O. The predicted octanol–water partition coefficient (Wildman–Crippen LogP) is 3.24. The Morgan fingerprint density at radius 3 is 2.63 bits per heavy atom. The summed E-state index contributed by atoms with van der Waals surface area (Å²) in [6, 6.07) is 7.46. The number of oxazole rings is 1. The van der Waals surface area contributed by atoms with E-state index in [1.807, 2.05) is 52.0 Å². The summed E-state index contributed by atoms with van der Waals surface area (Å²) < 4.78 is 32.4. The third-order valence-corrected chi connectivity index (χ3v) is 8.97. The smallest absolute Gasteiger partial charge is 0.332 e. The topological polar surface area (TPSA) is 127 Å².